The van der Waals surface area contributed by atoms with E-state index in [0.29, 0.717) is 10.6 Å². The van der Waals surface area contributed by atoms with Gasteiger partial charge >= 0.3 is 0 Å². The van der Waals surface area contributed by atoms with Gasteiger partial charge in [-0.3, -0.25) is 4.79 Å². The minimum absolute atomic E-state index is 0.427. The number of carbonyl (C=O) groups is 1. The number of hydrogen-bond donors (Lipinski definition) is 2. The van der Waals surface area contributed by atoms with Crippen molar-refractivity contribution in [1.82, 2.24) is 0 Å². The van der Waals surface area contributed by atoms with E-state index in [1.165, 1.54) is 16.9 Å². The minimum atomic E-state index is -0.471. The highest BCUT2D eigenvalue weighted by molar-refractivity contribution is 7.18. The number of anilines is 1. The molecule has 0 aliphatic carbocycles. The minimum Gasteiger partial charge on any atom is -0.397 e. The topological polar surface area (TPSA) is 69.1 Å². The molecule has 2 aromatic rings. The van der Waals surface area contributed by atoms with Crippen molar-refractivity contribution >= 4 is 22.9 Å². The molecular weight excluding hydrogens is 220 g/mol. The molecule has 3 nitrogen and oxygen atoms in total. The molecule has 0 bridgehead atoms. The molecule has 1 amide bonds. The summed E-state index contributed by atoms with van der Waals surface area (Å²) in [7, 11) is 0. The van der Waals surface area contributed by atoms with Gasteiger partial charge in [-0.2, -0.15) is 0 Å². The van der Waals surface area contributed by atoms with E-state index in [0.717, 1.165) is 10.4 Å². The first-order chi connectivity index (χ1) is 7.58. The van der Waals surface area contributed by atoms with Gasteiger partial charge in [-0.1, -0.05) is 29.8 Å². The zero-order valence-corrected chi connectivity index (χ0v) is 9.67. The Bertz CT molecular complexity index is 546. The summed E-state index contributed by atoms with van der Waals surface area (Å²) in [5.41, 5.74) is 13.6. The Morgan fingerprint density at radius 3 is 2.62 bits per heavy atom. The molecule has 0 saturated carbocycles. The molecule has 0 radical (unpaired) electrons. The van der Waals surface area contributed by atoms with E-state index in [2.05, 4.69) is 6.07 Å². The Hall–Kier alpha value is -1.81. The van der Waals surface area contributed by atoms with E-state index < -0.39 is 5.91 Å². The Morgan fingerprint density at radius 1 is 1.31 bits per heavy atom. The van der Waals surface area contributed by atoms with Crippen molar-refractivity contribution in [2.24, 2.45) is 5.73 Å². The first-order valence-corrected chi connectivity index (χ1v) is 5.65. The summed E-state index contributed by atoms with van der Waals surface area (Å²) in [6.07, 6.45) is 0. The Morgan fingerprint density at radius 2 is 2.06 bits per heavy atom. The maximum atomic E-state index is 11.1. The summed E-state index contributed by atoms with van der Waals surface area (Å²) in [6.45, 7) is 2.02. The second-order valence-corrected chi connectivity index (χ2v) is 4.68. The molecule has 82 valence electrons. The van der Waals surface area contributed by atoms with Crippen LogP contribution in [0.4, 0.5) is 5.69 Å². The van der Waals surface area contributed by atoms with Crippen molar-refractivity contribution in [2.45, 2.75) is 6.92 Å². The molecule has 0 unspecified atom stereocenters. The zero-order chi connectivity index (χ0) is 11.7. The van der Waals surface area contributed by atoms with Gasteiger partial charge in [0.1, 0.15) is 4.88 Å². The number of carbonyl (C=O) groups excluding carboxylic acids is 1. The maximum Gasteiger partial charge on any atom is 0.260 e. The van der Waals surface area contributed by atoms with Crippen molar-refractivity contribution in [3.05, 3.63) is 40.8 Å². The molecule has 4 N–H and O–H groups in total. The van der Waals surface area contributed by atoms with Crippen molar-refractivity contribution in [3.8, 4) is 10.4 Å². The number of aryl methyl sites for hydroxylation is 1. The van der Waals surface area contributed by atoms with Crippen LogP contribution in [0.5, 0.6) is 0 Å². The fourth-order valence-corrected chi connectivity index (χ4v) is 2.47. The van der Waals surface area contributed by atoms with Gasteiger partial charge in [0.05, 0.1) is 5.69 Å². The first-order valence-electron chi connectivity index (χ1n) is 4.84. The molecule has 0 atom stereocenters. The van der Waals surface area contributed by atoms with Gasteiger partial charge in [0.2, 0.25) is 0 Å². The molecule has 16 heavy (non-hydrogen) atoms. The van der Waals surface area contributed by atoms with Crippen LogP contribution in [0.15, 0.2) is 30.3 Å². The lowest BCUT2D eigenvalue weighted by Gasteiger charge is -1.97. The highest BCUT2D eigenvalue weighted by Gasteiger charge is 2.12. The van der Waals surface area contributed by atoms with Crippen LogP contribution in [0.1, 0.15) is 15.2 Å². The monoisotopic (exact) mass is 232 g/mol. The third-order valence-corrected chi connectivity index (χ3v) is 3.50. The van der Waals surface area contributed by atoms with E-state index in [4.69, 9.17) is 11.5 Å². The second kappa shape index (κ2) is 3.98. The molecule has 1 aromatic carbocycles. The van der Waals surface area contributed by atoms with Gasteiger partial charge < -0.3 is 11.5 Å². The molecule has 0 aliphatic rings. The van der Waals surface area contributed by atoms with Crippen LogP contribution in [0, 0.1) is 6.92 Å². The molecule has 4 heteroatoms. The van der Waals surface area contributed by atoms with E-state index in [1.807, 2.05) is 25.1 Å². The quantitative estimate of drug-likeness (QED) is 0.834. The molecule has 2 rings (SSSR count). The van der Waals surface area contributed by atoms with Crippen molar-refractivity contribution in [1.29, 1.82) is 0 Å². The standard InChI is InChI=1S/C12H12N2OS/c1-7-3-2-4-8(5-7)10-6-9(13)11(16-10)12(14)15/h2-6H,13H2,1H3,(H2,14,15). The van der Waals surface area contributed by atoms with Gasteiger partial charge in [0.15, 0.2) is 0 Å². The number of thiophene rings is 1. The van der Waals surface area contributed by atoms with Crippen LogP contribution in [-0.2, 0) is 0 Å². The smallest absolute Gasteiger partial charge is 0.260 e. The number of hydrogen-bond acceptors (Lipinski definition) is 3. The van der Waals surface area contributed by atoms with Crippen LogP contribution in [0.25, 0.3) is 10.4 Å². The number of rotatable bonds is 2. The van der Waals surface area contributed by atoms with Gasteiger partial charge in [0.25, 0.3) is 5.91 Å². The number of nitrogens with two attached hydrogens (primary N) is 2. The number of nitrogen functional groups attached to an aromatic ring is 1. The summed E-state index contributed by atoms with van der Waals surface area (Å²) in [6, 6.07) is 9.83. The van der Waals surface area contributed by atoms with Crippen LogP contribution in [0.3, 0.4) is 0 Å². The first kappa shape index (κ1) is 10.7. The van der Waals surface area contributed by atoms with Gasteiger partial charge in [-0.05, 0) is 18.6 Å². The largest absolute Gasteiger partial charge is 0.397 e. The second-order valence-electron chi connectivity index (χ2n) is 3.63. The van der Waals surface area contributed by atoms with Crippen LogP contribution < -0.4 is 11.5 Å². The predicted molar refractivity (Wildman–Crippen MR) is 67.4 cm³/mol. The Balaban J connectivity index is 2.49. The summed E-state index contributed by atoms with van der Waals surface area (Å²) in [5.74, 6) is -0.471. The van der Waals surface area contributed by atoms with Gasteiger partial charge in [-0.15, -0.1) is 11.3 Å². The van der Waals surface area contributed by atoms with Crippen LogP contribution in [0.2, 0.25) is 0 Å². The zero-order valence-electron chi connectivity index (χ0n) is 8.86. The lowest BCUT2D eigenvalue weighted by atomic mass is 10.1. The molecule has 0 saturated heterocycles. The van der Waals surface area contributed by atoms with Crippen molar-refractivity contribution in [3.63, 3.8) is 0 Å². The van der Waals surface area contributed by atoms with Crippen molar-refractivity contribution in [2.75, 3.05) is 5.73 Å². The van der Waals surface area contributed by atoms with Crippen LogP contribution >= 0.6 is 11.3 Å². The molecular formula is C12H12N2OS. The molecule has 0 spiro atoms. The molecule has 1 aromatic heterocycles. The van der Waals surface area contributed by atoms with E-state index >= 15 is 0 Å². The van der Waals surface area contributed by atoms with E-state index in [1.54, 1.807) is 6.07 Å². The molecule has 0 fully saturated rings. The summed E-state index contributed by atoms with van der Waals surface area (Å²) >= 11 is 1.33. The van der Waals surface area contributed by atoms with Gasteiger partial charge in [-0.25, -0.2) is 0 Å². The van der Waals surface area contributed by atoms with E-state index in [-0.39, 0.29) is 0 Å². The number of benzene rings is 1. The average Bonchev–Trinajstić information content (AvgIpc) is 2.60. The van der Waals surface area contributed by atoms with E-state index in [9.17, 15) is 4.79 Å². The Kier molecular flexibility index (Phi) is 2.66. The lowest BCUT2D eigenvalue weighted by molar-refractivity contribution is 0.100. The fourth-order valence-electron chi connectivity index (χ4n) is 1.54. The summed E-state index contributed by atoms with van der Waals surface area (Å²) in [5, 5.41) is 0. The number of primary amides is 1. The SMILES string of the molecule is Cc1cccc(-c2cc(N)c(C(N)=O)s2)c1. The summed E-state index contributed by atoms with van der Waals surface area (Å²) < 4.78 is 0. The maximum absolute atomic E-state index is 11.1. The third kappa shape index (κ3) is 1.92. The predicted octanol–water partition coefficient (Wildman–Crippen LogP) is 2.40. The number of amides is 1. The Labute approximate surface area is 97.7 Å². The van der Waals surface area contributed by atoms with Crippen LogP contribution in [-0.4, -0.2) is 5.91 Å². The average molecular weight is 232 g/mol. The highest BCUT2D eigenvalue weighted by Crippen LogP contribution is 2.33. The molecule has 0 aliphatic heterocycles. The van der Waals surface area contributed by atoms with Gasteiger partial charge in [0, 0.05) is 4.88 Å². The normalized spacial score (nSPS) is 10.3. The third-order valence-electron chi connectivity index (χ3n) is 2.29. The van der Waals surface area contributed by atoms with Crippen molar-refractivity contribution < 1.29 is 4.79 Å². The molecule has 1 heterocycles. The lowest BCUT2D eigenvalue weighted by Crippen LogP contribution is -2.10. The fraction of sp³-hybridized carbons (Fsp3) is 0.0833. The summed E-state index contributed by atoms with van der Waals surface area (Å²) in [4.78, 5) is 12.5. The highest BCUT2D eigenvalue weighted by atomic mass is 32.1.